The second-order valence-electron chi connectivity index (χ2n) is 10.00. The second-order valence-corrected chi connectivity index (χ2v) is 10.00. The molecule has 3 aromatic carbocycles. The number of halogens is 3. The summed E-state index contributed by atoms with van der Waals surface area (Å²) in [4.78, 5) is 33.6. The number of aromatic nitrogens is 3. The Morgan fingerprint density at radius 3 is 2.48 bits per heavy atom. The molecule has 0 atom stereocenters. The summed E-state index contributed by atoms with van der Waals surface area (Å²) in [6.45, 7) is 1.67. The molecule has 2 N–H and O–H groups in total. The molecular weight excluding hydrogens is 547 g/mol. The van der Waals surface area contributed by atoms with Crippen LogP contribution >= 0.6 is 0 Å². The van der Waals surface area contributed by atoms with E-state index in [0.29, 0.717) is 33.9 Å². The summed E-state index contributed by atoms with van der Waals surface area (Å²) in [5.74, 6) is 1.28. The zero-order valence-corrected chi connectivity index (χ0v) is 22.3. The van der Waals surface area contributed by atoms with E-state index in [1.807, 2.05) is 0 Å². The number of rotatable bonds is 7. The predicted molar refractivity (Wildman–Crippen MR) is 151 cm³/mol. The molecule has 1 aliphatic rings. The van der Waals surface area contributed by atoms with Crippen molar-refractivity contribution in [2.24, 2.45) is 5.92 Å². The van der Waals surface area contributed by atoms with Gasteiger partial charge in [-0.2, -0.15) is 13.2 Å². The Kier molecular flexibility index (Phi) is 6.85. The number of amides is 2. The summed E-state index contributed by atoms with van der Waals surface area (Å²) in [7, 11) is 0. The number of alkyl halides is 3. The molecule has 1 fully saturated rings. The molecule has 0 spiro atoms. The molecule has 0 bridgehead atoms. The van der Waals surface area contributed by atoms with Gasteiger partial charge in [0.15, 0.2) is 0 Å². The van der Waals surface area contributed by atoms with Crippen LogP contribution in [0.25, 0.3) is 16.5 Å². The Hall–Kier alpha value is -5.19. The number of ether oxygens (including phenoxy) is 1. The Bertz CT molecular complexity index is 1830. The first kappa shape index (κ1) is 27.0. The van der Waals surface area contributed by atoms with E-state index >= 15 is 0 Å². The molecule has 2 amide bonds. The summed E-state index contributed by atoms with van der Waals surface area (Å²) in [5.41, 5.74) is -0.390. The quantitative estimate of drug-likeness (QED) is 0.216. The number of aryl methyl sites for hydroxylation is 1. The highest BCUT2D eigenvalue weighted by Gasteiger charge is 2.32. The molecule has 2 heterocycles. The first-order valence-corrected chi connectivity index (χ1v) is 13.2. The minimum Gasteiger partial charge on any atom is -0.457 e. The van der Waals surface area contributed by atoms with Crippen LogP contribution in [-0.2, 0) is 11.0 Å². The molecule has 5 aromatic rings. The molecule has 0 unspecified atom stereocenters. The van der Waals surface area contributed by atoms with E-state index in [0.717, 1.165) is 25.0 Å². The van der Waals surface area contributed by atoms with Gasteiger partial charge in [0.1, 0.15) is 23.1 Å². The van der Waals surface area contributed by atoms with E-state index in [-0.39, 0.29) is 28.8 Å². The van der Waals surface area contributed by atoms with Gasteiger partial charge in [-0.1, -0.05) is 12.1 Å². The number of carbonyl (C=O) groups excluding carboxylic acids is 2. The highest BCUT2D eigenvalue weighted by Crippen LogP contribution is 2.34. The smallest absolute Gasteiger partial charge is 0.416 e. The van der Waals surface area contributed by atoms with Gasteiger partial charge in [0.2, 0.25) is 5.91 Å². The third kappa shape index (κ3) is 5.80. The minimum atomic E-state index is -4.61. The molecule has 6 rings (SSSR count). The molecule has 0 aliphatic heterocycles. The minimum absolute atomic E-state index is 0.00264. The summed E-state index contributed by atoms with van der Waals surface area (Å²) in [5, 5.41) is 6.69. The Morgan fingerprint density at radius 2 is 1.74 bits per heavy atom. The lowest BCUT2D eigenvalue weighted by Crippen LogP contribution is -2.14. The SMILES string of the molecule is Cc1nccn1-c1cc(NC(=O)c2cccc3cc(Oc4ccnc(NC(=O)C5CC5)c4)ccc23)cc(C(F)(F)F)c1. The molecular formula is C31H24F3N5O3. The van der Waals surface area contributed by atoms with Crippen LogP contribution in [0.1, 0.15) is 34.6 Å². The number of benzene rings is 3. The van der Waals surface area contributed by atoms with Crippen LogP contribution in [0, 0.1) is 12.8 Å². The molecule has 42 heavy (non-hydrogen) atoms. The maximum Gasteiger partial charge on any atom is 0.416 e. The fourth-order valence-electron chi connectivity index (χ4n) is 4.61. The van der Waals surface area contributed by atoms with E-state index in [2.05, 4.69) is 20.6 Å². The first-order chi connectivity index (χ1) is 20.1. The van der Waals surface area contributed by atoms with Crippen LogP contribution in [0.3, 0.4) is 0 Å². The van der Waals surface area contributed by atoms with Gasteiger partial charge >= 0.3 is 6.18 Å². The van der Waals surface area contributed by atoms with Crippen molar-refractivity contribution in [2.45, 2.75) is 25.9 Å². The zero-order chi connectivity index (χ0) is 29.4. The summed E-state index contributed by atoms with van der Waals surface area (Å²) in [6.07, 6.45) is 1.73. The van der Waals surface area contributed by atoms with Gasteiger partial charge in [-0.15, -0.1) is 0 Å². The van der Waals surface area contributed by atoms with Crippen molar-refractivity contribution in [2.75, 3.05) is 10.6 Å². The van der Waals surface area contributed by atoms with Crippen LogP contribution in [0.4, 0.5) is 24.7 Å². The highest BCUT2D eigenvalue weighted by atomic mass is 19.4. The van der Waals surface area contributed by atoms with E-state index in [1.54, 1.807) is 61.7 Å². The number of imidazole rings is 1. The molecule has 2 aromatic heterocycles. The summed E-state index contributed by atoms with van der Waals surface area (Å²) in [6, 6.07) is 16.9. The fourth-order valence-corrected chi connectivity index (χ4v) is 4.61. The molecule has 1 aliphatic carbocycles. The van der Waals surface area contributed by atoms with E-state index in [9.17, 15) is 22.8 Å². The maximum absolute atomic E-state index is 13.7. The van der Waals surface area contributed by atoms with E-state index in [4.69, 9.17) is 4.74 Å². The lowest BCUT2D eigenvalue weighted by Gasteiger charge is -2.15. The van der Waals surface area contributed by atoms with Gasteiger partial charge in [0.05, 0.1) is 5.56 Å². The molecule has 8 nitrogen and oxygen atoms in total. The van der Waals surface area contributed by atoms with Gasteiger partial charge in [-0.05, 0) is 79.1 Å². The molecule has 0 saturated heterocycles. The summed E-state index contributed by atoms with van der Waals surface area (Å²) >= 11 is 0. The van der Waals surface area contributed by atoms with Gasteiger partial charge < -0.3 is 19.9 Å². The van der Waals surface area contributed by atoms with Crippen molar-refractivity contribution >= 4 is 34.1 Å². The van der Waals surface area contributed by atoms with Crippen molar-refractivity contribution in [1.29, 1.82) is 0 Å². The average Bonchev–Trinajstić information content (AvgIpc) is 3.72. The van der Waals surface area contributed by atoms with Gasteiger partial charge in [0, 0.05) is 47.5 Å². The Morgan fingerprint density at radius 1 is 0.929 bits per heavy atom. The largest absolute Gasteiger partial charge is 0.457 e. The lowest BCUT2D eigenvalue weighted by molar-refractivity contribution is -0.137. The van der Waals surface area contributed by atoms with Gasteiger partial charge in [-0.3, -0.25) is 9.59 Å². The molecule has 1 saturated carbocycles. The number of anilines is 2. The maximum atomic E-state index is 13.7. The molecule has 0 radical (unpaired) electrons. The lowest BCUT2D eigenvalue weighted by atomic mass is 10.0. The zero-order valence-electron chi connectivity index (χ0n) is 22.3. The van der Waals surface area contributed by atoms with Crippen molar-refractivity contribution in [1.82, 2.24) is 14.5 Å². The van der Waals surface area contributed by atoms with Crippen molar-refractivity contribution in [3.63, 3.8) is 0 Å². The Labute approximate surface area is 238 Å². The summed E-state index contributed by atoms with van der Waals surface area (Å²) < 4.78 is 48.6. The number of nitrogens with zero attached hydrogens (tertiary/aromatic N) is 3. The third-order valence-electron chi connectivity index (χ3n) is 6.87. The second kappa shape index (κ2) is 10.7. The van der Waals surface area contributed by atoms with Gasteiger partial charge in [0.25, 0.3) is 5.91 Å². The third-order valence-corrected chi connectivity index (χ3v) is 6.87. The van der Waals surface area contributed by atoms with Crippen LogP contribution in [0.2, 0.25) is 0 Å². The van der Waals surface area contributed by atoms with Gasteiger partial charge in [-0.25, -0.2) is 9.97 Å². The standard InChI is InChI=1S/C31H24F3N5O3/c1-18-35-11-12-39(18)23-15-21(31(32,33)34)14-22(16-23)37-30(41)27-4-2-3-20-13-24(7-8-26(20)27)42-25-9-10-36-28(17-25)38-29(40)19-5-6-19/h2-4,7-17,19H,5-6H2,1H3,(H,37,41)(H,36,38,40). The first-order valence-electron chi connectivity index (χ1n) is 13.2. The van der Waals surface area contributed by atoms with E-state index < -0.39 is 17.6 Å². The van der Waals surface area contributed by atoms with Crippen LogP contribution < -0.4 is 15.4 Å². The van der Waals surface area contributed by atoms with Crippen molar-refractivity contribution in [3.8, 4) is 17.2 Å². The molecule has 212 valence electrons. The monoisotopic (exact) mass is 571 g/mol. The number of hydrogen-bond acceptors (Lipinski definition) is 5. The predicted octanol–water partition coefficient (Wildman–Crippen LogP) is 7.14. The van der Waals surface area contributed by atoms with E-state index in [1.165, 1.54) is 23.0 Å². The number of nitrogens with one attached hydrogen (secondary N) is 2. The molecule has 11 heteroatoms. The topological polar surface area (TPSA) is 98.1 Å². The fraction of sp³-hybridized carbons (Fsp3) is 0.161. The number of pyridine rings is 1. The van der Waals surface area contributed by atoms with Crippen LogP contribution in [0.15, 0.2) is 85.3 Å². The van der Waals surface area contributed by atoms with Crippen molar-refractivity contribution < 1.29 is 27.5 Å². The normalized spacial score (nSPS) is 13.1. The number of fused-ring (bicyclic) bond motifs is 1. The number of carbonyl (C=O) groups is 2. The Balaban J connectivity index is 1.24. The average molecular weight is 572 g/mol. The highest BCUT2D eigenvalue weighted by molar-refractivity contribution is 6.13. The van der Waals surface area contributed by atoms with Crippen LogP contribution in [0.5, 0.6) is 11.5 Å². The number of hydrogen-bond donors (Lipinski definition) is 2. The van der Waals surface area contributed by atoms with Crippen molar-refractivity contribution in [3.05, 3.63) is 102 Å². The van der Waals surface area contributed by atoms with Crippen LogP contribution in [-0.4, -0.2) is 26.3 Å².